The molecule has 0 aromatic heterocycles. The number of carbonyl (C=O) groups excluding carboxylic acids is 3. The molecule has 1 spiro atoms. The smallest absolute Gasteiger partial charge is 0.325 e. The van der Waals surface area contributed by atoms with E-state index in [-0.39, 0.29) is 36.9 Å². The van der Waals surface area contributed by atoms with Gasteiger partial charge in [-0.2, -0.15) is 0 Å². The summed E-state index contributed by atoms with van der Waals surface area (Å²) in [4.78, 5) is 38.9. The molecule has 2 aromatic rings. The van der Waals surface area contributed by atoms with Gasteiger partial charge in [0.05, 0.1) is 6.04 Å². The van der Waals surface area contributed by atoms with E-state index >= 15 is 0 Å². The van der Waals surface area contributed by atoms with Gasteiger partial charge in [0.1, 0.15) is 5.54 Å². The molecule has 2 N–H and O–H groups in total. The van der Waals surface area contributed by atoms with Crippen molar-refractivity contribution in [3.8, 4) is 0 Å². The van der Waals surface area contributed by atoms with Crippen LogP contribution in [0.2, 0.25) is 0 Å². The van der Waals surface area contributed by atoms with Gasteiger partial charge in [0.2, 0.25) is 5.91 Å². The largest absolute Gasteiger partial charge is 0.345 e. The lowest BCUT2D eigenvalue weighted by atomic mass is 9.98. The summed E-state index contributed by atoms with van der Waals surface area (Å²) in [6.07, 6.45) is 4.04. The standard InChI is InChI=1S/C24H27N3O3/c28-20(14-9-17-27-22(29)24(26-23(27)30)15-7-8-16-24)25-21(18-10-3-1-4-11-18)19-12-5-2-6-13-19/h1-6,10-13,21H,7-9,14-17H2,(H,25,28)(H,26,30). The maximum absolute atomic E-state index is 12.7. The van der Waals surface area contributed by atoms with Crippen LogP contribution in [0.3, 0.4) is 0 Å². The Morgan fingerprint density at radius 1 is 0.967 bits per heavy atom. The summed E-state index contributed by atoms with van der Waals surface area (Å²) in [6, 6.07) is 19.1. The molecular formula is C24H27N3O3. The number of nitrogens with one attached hydrogen (secondary N) is 2. The molecule has 2 aliphatic rings. The number of imide groups is 1. The molecular weight excluding hydrogens is 378 g/mol. The predicted octanol–water partition coefficient (Wildman–Crippen LogP) is 3.54. The monoisotopic (exact) mass is 405 g/mol. The van der Waals surface area contributed by atoms with Gasteiger partial charge >= 0.3 is 6.03 Å². The van der Waals surface area contributed by atoms with Crippen LogP contribution < -0.4 is 10.6 Å². The van der Waals surface area contributed by atoms with Crippen LogP contribution in [0.15, 0.2) is 60.7 Å². The molecule has 6 heteroatoms. The Morgan fingerprint density at radius 3 is 2.10 bits per heavy atom. The molecule has 4 rings (SSSR count). The lowest BCUT2D eigenvalue weighted by Gasteiger charge is -2.21. The summed E-state index contributed by atoms with van der Waals surface area (Å²) in [6.45, 7) is 0.265. The highest BCUT2D eigenvalue weighted by molar-refractivity contribution is 6.07. The third-order valence-electron chi connectivity index (χ3n) is 6.06. The van der Waals surface area contributed by atoms with Gasteiger partial charge in [0, 0.05) is 13.0 Å². The van der Waals surface area contributed by atoms with Gasteiger partial charge in [-0.25, -0.2) is 4.79 Å². The minimum absolute atomic E-state index is 0.102. The van der Waals surface area contributed by atoms with E-state index in [1.165, 1.54) is 4.90 Å². The number of rotatable bonds is 7. The number of benzene rings is 2. The first-order valence-corrected chi connectivity index (χ1v) is 10.6. The fourth-order valence-corrected chi connectivity index (χ4v) is 4.48. The first-order chi connectivity index (χ1) is 14.6. The predicted molar refractivity (Wildman–Crippen MR) is 114 cm³/mol. The quantitative estimate of drug-likeness (QED) is 0.692. The number of nitrogens with zero attached hydrogens (tertiary/aromatic N) is 1. The van der Waals surface area contributed by atoms with Crippen molar-refractivity contribution in [1.82, 2.24) is 15.5 Å². The Bertz CT molecular complexity index is 868. The van der Waals surface area contributed by atoms with Crippen LogP contribution in [0.5, 0.6) is 0 Å². The van der Waals surface area contributed by atoms with Gasteiger partial charge in [-0.05, 0) is 30.4 Å². The van der Waals surface area contributed by atoms with Gasteiger partial charge in [-0.15, -0.1) is 0 Å². The molecule has 30 heavy (non-hydrogen) atoms. The van der Waals surface area contributed by atoms with Crippen molar-refractivity contribution in [2.45, 2.75) is 50.1 Å². The third-order valence-corrected chi connectivity index (χ3v) is 6.06. The zero-order valence-corrected chi connectivity index (χ0v) is 17.0. The molecule has 0 unspecified atom stereocenters. The van der Waals surface area contributed by atoms with Crippen LogP contribution in [-0.4, -0.2) is 34.8 Å². The molecule has 1 heterocycles. The van der Waals surface area contributed by atoms with Crippen molar-refractivity contribution in [2.75, 3.05) is 6.54 Å². The second kappa shape index (κ2) is 8.69. The summed E-state index contributed by atoms with van der Waals surface area (Å²) in [5, 5.41) is 5.98. The van der Waals surface area contributed by atoms with E-state index < -0.39 is 5.54 Å². The number of hydrogen-bond donors (Lipinski definition) is 2. The number of urea groups is 1. The molecule has 0 bridgehead atoms. The van der Waals surface area contributed by atoms with Crippen molar-refractivity contribution in [2.24, 2.45) is 0 Å². The fraction of sp³-hybridized carbons (Fsp3) is 0.375. The number of amides is 4. The topological polar surface area (TPSA) is 78.5 Å². The summed E-state index contributed by atoms with van der Waals surface area (Å²) in [5.74, 6) is -0.229. The van der Waals surface area contributed by atoms with E-state index in [4.69, 9.17) is 0 Å². The van der Waals surface area contributed by atoms with Crippen LogP contribution in [0, 0.1) is 0 Å². The lowest BCUT2D eigenvalue weighted by Crippen LogP contribution is -2.44. The fourth-order valence-electron chi connectivity index (χ4n) is 4.48. The minimum atomic E-state index is -0.689. The Balaban J connectivity index is 1.35. The van der Waals surface area contributed by atoms with Crippen molar-refractivity contribution < 1.29 is 14.4 Å². The summed E-state index contributed by atoms with van der Waals surface area (Å²) >= 11 is 0. The summed E-state index contributed by atoms with van der Waals surface area (Å²) in [7, 11) is 0. The van der Waals surface area contributed by atoms with Gasteiger partial charge in [-0.1, -0.05) is 73.5 Å². The maximum atomic E-state index is 12.7. The highest BCUT2D eigenvalue weighted by Crippen LogP contribution is 2.35. The zero-order chi connectivity index (χ0) is 21.0. The molecule has 1 aliphatic carbocycles. The van der Waals surface area contributed by atoms with Gasteiger partial charge < -0.3 is 10.6 Å². The van der Waals surface area contributed by atoms with Gasteiger partial charge in [0.15, 0.2) is 0 Å². The zero-order valence-electron chi connectivity index (χ0n) is 17.0. The van der Waals surface area contributed by atoms with E-state index in [9.17, 15) is 14.4 Å². The van der Waals surface area contributed by atoms with Crippen LogP contribution in [0.25, 0.3) is 0 Å². The normalized spacial score (nSPS) is 17.6. The minimum Gasteiger partial charge on any atom is -0.345 e. The van der Waals surface area contributed by atoms with Crippen LogP contribution >= 0.6 is 0 Å². The van der Waals surface area contributed by atoms with Crippen molar-refractivity contribution in [1.29, 1.82) is 0 Å². The molecule has 6 nitrogen and oxygen atoms in total. The van der Waals surface area contributed by atoms with E-state index in [2.05, 4.69) is 10.6 Å². The SMILES string of the molecule is O=C(CCCN1C(=O)NC2(CCCC2)C1=O)NC(c1ccccc1)c1ccccc1. The number of carbonyl (C=O) groups is 3. The van der Waals surface area contributed by atoms with E-state index in [1.54, 1.807) is 0 Å². The maximum Gasteiger partial charge on any atom is 0.325 e. The molecule has 2 fully saturated rings. The Morgan fingerprint density at radius 2 is 1.53 bits per heavy atom. The molecule has 156 valence electrons. The van der Waals surface area contributed by atoms with Crippen molar-refractivity contribution >= 4 is 17.8 Å². The Kier molecular flexibility index (Phi) is 5.84. The van der Waals surface area contributed by atoms with E-state index in [0.717, 1.165) is 24.0 Å². The van der Waals surface area contributed by atoms with E-state index in [0.29, 0.717) is 19.3 Å². The molecule has 1 aliphatic heterocycles. The molecule has 4 amide bonds. The Labute approximate surface area is 176 Å². The van der Waals surface area contributed by atoms with Crippen molar-refractivity contribution in [3.05, 3.63) is 71.8 Å². The van der Waals surface area contributed by atoms with Crippen molar-refractivity contribution in [3.63, 3.8) is 0 Å². The summed E-state index contributed by atoms with van der Waals surface area (Å²) < 4.78 is 0. The molecule has 1 saturated carbocycles. The molecule has 0 radical (unpaired) electrons. The lowest BCUT2D eigenvalue weighted by molar-refractivity contribution is -0.131. The Hall–Kier alpha value is -3.15. The average Bonchev–Trinajstić information content (AvgIpc) is 3.33. The summed E-state index contributed by atoms with van der Waals surface area (Å²) in [5.41, 5.74) is 1.33. The first kappa shape index (κ1) is 20.1. The van der Waals surface area contributed by atoms with Gasteiger partial charge in [0.25, 0.3) is 5.91 Å². The third kappa shape index (κ3) is 4.08. The van der Waals surface area contributed by atoms with E-state index in [1.807, 2.05) is 60.7 Å². The first-order valence-electron chi connectivity index (χ1n) is 10.6. The van der Waals surface area contributed by atoms with Crippen LogP contribution in [0.1, 0.15) is 55.7 Å². The highest BCUT2D eigenvalue weighted by Gasteiger charge is 2.52. The second-order valence-electron chi connectivity index (χ2n) is 8.10. The number of hydrogen-bond acceptors (Lipinski definition) is 3. The van der Waals surface area contributed by atoms with Crippen LogP contribution in [0.4, 0.5) is 4.79 Å². The van der Waals surface area contributed by atoms with Gasteiger partial charge in [-0.3, -0.25) is 14.5 Å². The molecule has 1 saturated heterocycles. The highest BCUT2D eigenvalue weighted by atomic mass is 16.2. The average molecular weight is 405 g/mol. The second-order valence-corrected chi connectivity index (χ2v) is 8.10. The molecule has 2 aromatic carbocycles. The van der Waals surface area contributed by atoms with Crippen LogP contribution in [-0.2, 0) is 9.59 Å². The molecule has 0 atom stereocenters.